The van der Waals surface area contributed by atoms with Gasteiger partial charge < -0.3 is 9.84 Å². The van der Waals surface area contributed by atoms with Crippen molar-refractivity contribution < 1.29 is 17.7 Å². The van der Waals surface area contributed by atoms with Crippen LogP contribution in [0, 0.1) is 0 Å². The van der Waals surface area contributed by atoms with Crippen LogP contribution >= 0.6 is 0 Å². The van der Waals surface area contributed by atoms with Crippen LogP contribution in [0.3, 0.4) is 0 Å². The summed E-state index contributed by atoms with van der Waals surface area (Å²) in [5.74, 6) is 1.40. The lowest BCUT2D eigenvalue weighted by atomic mass is 10.1. The number of sulfonamides is 1. The third-order valence-corrected chi connectivity index (χ3v) is 4.71. The molecule has 1 aromatic carbocycles. The van der Waals surface area contributed by atoms with Gasteiger partial charge in [0.25, 0.3) is 0 Å². The molecule has 0 fully saturated rings. The van der Waals surface area contributed by atoms with Crippen molar-refractivity contribution in [2.75, 3.05) is 6.54 Å². The maximum absolute atomic E-state index is 11.8. The molecule has 9 heteroatoms. The predicted molar refractivity (Wildman–Crippen MR) is 95.9 cm³/mol. The topological polar surface area (TPSA) is 128 Å². The van der Waals surface area contributed by atoms with Crippen LogP contribution in [-0.2, 0) is 27.7 Å². The summed E-state index contributed by atoms with van der Waals surface area (Å²) in [4.78, 5) is 16.2. The van der Waals surface area contributed by atoms with Gasteiger partial charge in [-0.15, -0.1) is 0 Å². The van der Waals surface area contributed by atoms with Crippen LogP contribution in [0.4, 0.5) is 0 Å². The van der Waals surface area contributed by atoms with Gasteiger partial charge in [-0.1, -0.05) is 31.1 Å². The quantitative estimate of drug-likeness (QED) is 0.679. The van der Waals surface area contributed by atoms with E-state index < -0.39 is 10.0 Å². The molecule has 1 aromatic heterocycles. The highest BCUT2D eigenvalue weighted by Gasteiger charge is 2.10. The minimum Gasteiger partial charge on any atom is -0.356 e. The molecule has 0 bridgehead atoms. The Morgan fingerprint density at radius 3 is 2.50 bits per heavy atom. The largest absolute Gasteiger partial charge is 0.356 e. The van der Waals surface area contributed by atoms with Crippen LogP contribution in [0.1, 0.15) is 49.9 Å². The summed E-state index contributed by atoms with van der Waals surface area (Å²) >= 11 is 0. The third kappa shape index (κ3) is 6.23. The molecular weight excluding hydrogens is 356 g/mol. The number of aromatic nitrogens is 2. The van der Waals surface area contributed by atoms with Crippen molar-refractivity contribution in [3.63, 3.8) is 0 Å². The van der Waals surface area contributed by atoms with Gasteiger partial charge in [-0.25, -0.2) is 13.6 Å². The molecule has 26 heavy (non-hydrogen) atoms. The minimum absolute atomic E-state index is 0.0465. The second kappa shape index (κ2) is 8.91. The van der Waals surface area contributed by atoms with E-state index in [0.29, 0.717) is 43.9 Å². The van der Waals surface area contributed by atoms with E-state index in [0.717, 1.165) is 5.56 Å². The number of carbonyl (C=O) groups is 1. The third-order valence-electron chi connectivity index (χ3n) is 3.78. The Morgan fingerprint density at radius 2 is 1.92 bits per heavy atom. The van der Waals surface area contributed by atoms with Crippen molar-refractivity contribution in [2.24, 2.45) is 5.14 Å². The number of hydrogen-bond acceptors (Lipinski definition) is 6. The molecule has 2 rings (SSSR count). The first-order valence-corrected chi connectivity index (χ1v) is 10.0. The second-order valence-electron chi connectivity index (χ2n) is 6.34. The van der Waals surface area contributed by atoms with Gasteiger partial charge in [-0.05, 0) is 30.5 Å². The molecule has 0 aliphatic heterocycles. The molecule has 0 unspecified atom stereocenters. The lowest BCUT2D eigenvalue weighted by Crippen LogP contribution is -2.25. The second-order valence-corrected chi connectivity index (χ2v) is 7.90. The Kier molecular flexibility index (Phi) is 6.87. The average molecular weight is 380 g/mol. The van der Waals surface area contributed by atoms with Crippen molar-refractivity contribution >= 4 is 15.9 Å². The fraction of sp³-hybridized carbons (Fsp3) is 0.471. The standard InChI is InChI=1S/C17H24N4O4S/c1-12(2)17-20-16(25-21-17)5-3-4-15(22)19-11-10-13-6-8-14(9-7-13)26(18,23)24/h6-9,12H,3-5,10-11H2,1-2H3,(H,19,22)(H2,18,23,24). The van der Waals surface area contributed by atoms with Crippen molar-refractivity contribution in [2.45, 2.75) is 50.3 Å². The first-order valence-electron chi connectivity index (χ1n) is 8.46. The van der Waals surface area contributed by atoms with Crippen LogP contribution in [0.5, 0.6) is 0 Å². The van der Waals surface area contributed by atoms with Gasteiger partial charge in [0.15, 0.2) is 5.82 Å². The zero-order chi connectivity index (χ0) is 19.2. The van der Waals surface area contributed by atoms with Crippen LogP contribution in [0.2, 0.25) is 0 Å². The minimum atomic E-state index is -3.68. The molecular formula is C17H24N4O4S. The van der Waals surface area contributed by atoms with E-state index in [9.17, 15) is 13.2 Å². The summed E-state index contributed by atoms with van der Waals surface area (Å²) in [5.41, 5.74) is 0.921. The lowest BCUT2D eigenvalue weighted by molar-refractivity contribution is -0.121. The Bertz CT molecular complexity index is 829. The molecule has 0 aliphatic carbocycles. The van der Waals surface area contributed by atoms with E-state index in [4.69, 9.17) is 9.66 Å². The van der Waals surface area contributed by atoms with Gasteiger partial charge in [-0.2, -0.15) is 4.98 Å². The van der Waals surface area contributed by atoms with Crippen LogP contribution < -0.4 is 10.5 Å². The number of carbonyl (C=O) groups excluding carboxylic acids is 1. The molecule has 0 radical (unpaired) electrons. The Morgan fingerprint density at radius 1 is 1.23 bits per heavy atom. The molecule has 2 aromatic rings. The van der Waals surface area contributed by atoms with Gasteiger partial charge in [0, 0.05) is 25.3 Å². The summed E-state index contributed by atoms with van der Waals surface area (Å²) in [5, 5.41) is 11.8. The molecule has 0 spiro atoms. The monoisotopic (exact) mass is 380 g/mol. The molecule has 0 atom stereocenters. The van der Waals surface area contributed by atoms with E-state index in [1.807, 2.05) is 13.8 Å². The van der Waals surface area contributed by atoms with Gasteiger partial charge in [-0.3, -0.25) is 4.79 Å². The smallest absolute Gasteiger partial charge is 0.238 e. The normalized spacial score (nSPS) is 11.7. The number of benzene rings is 1. The molecule has 1 heterocycles. The maximum Gasteiger partial charge on any atom is 0.238 e. The first kappa shape index (κ1) is 20.1. The number of hydrogen-bond donors (Lipinski definition) is 2. The van der Waals surface area contributed by atoms with Crippen molar-refractivity contribution in [3.8, 4) is 0 Å². The highest BCUT2D eigenvalue weighted by Crippen LogP contribution is 2.11. The van der Waals surface area contributed by atoms with Gasteiger partial charge >= 0.3 is 0 Å². The summed E-state index contributed by atoms with van der Waals surface area (Å²) in [6, 6.07) is 6.30. The molecule has 0 aliphatic rings. The molecule has 0 saturated heterocycles. The Hall–Kier alpha value is -2.26. The van der Waals surface area contributed by atoms with Crippen LogP contribution in [-0.4, -0.2) is 31.0 Å². The highest BCUT2D eigenvalue weighted by atomic mass is 32.2. The number of primary sulfonamides is 1. The molecule has 1 amide bonds. The maximum atomic E-state index is 11.8. The average Bonchev–Trinajstić information content (AvgIpc) is 3.04. The Balaban J connectivity index is 1.67. The summed E-state index contributed by atoms with van der Waals surface area (Å²) in [6.45, 7) is 4.46. The van der Waals surface area contributed by atoms with Gasteiger partial charge in [0.2, 0.25) is 21.8 Å². The van der Waals surface area contributed by atoms with Gasteiger partial charge in [0.05, 0.1) is 4.90 Å². The zero-order valence-electron chi connectivity index (χ0n) is 14.9. The lowest BCUT2D eigenvalue weighted by Gasteiger charge is -2.05. The van der Waals surface area contributed by atoms with E-state index in [2.05, 4.69) is 15.5 Å². The zero-order valence-corrected chi connectivity index (χ0v) is 15.8. The number of aryl methyl sites for hydroxylation is 1. The van der Waals surface area contributed by atoms with Crippen LogP contribution in [0.25, 0.3) is 0 Å². The first-order chi connectivity index (χ1) is 12.3. The number of nitrogens with one attached hydrogen (secondary N) is 1. The molecule has 0 saturated carbocycles. The summed E-state index contributed by atoms with van der Waals surface area (Å²) in [6.07, 6.45) is 2.19. The van der Waals surface area contributed by atoms with E-state index in [1.54, 1.807) is 12.1 Å². The number of amides is 1. The highest BCUT2D eigenvalue weighted by molar-refractivity contribution is 7.89. The SMILES string of the molecule is CC(C)c1noc(CCCC(=O)NCCc2ccc(S(N)(=O)=O)cc2)n1. The van der Waals surface area contributed by atoms with E-state index in [-0.39, 0.29) is 16.7 Å². The number of rotatable bonds is 9. The predicted octanol–water partition coefficient (Wildman–Crippen LogP) is 1.52. The Labute approximate surface area is 153 Å². The fourth-order valence-corrected chi connectivity index (χ4v) is 2.80. The molecule has 8 nitrogen and oxygen atoms in total. The van der Waals surface area contributed by atoms with Crippen molar-refractivity contribution in [1.29, 1.82) is 0 Å². The van der Waals surface area contributed by atoms with E-state index in [1.165, 1.54) is 12.1 Å². The van der Waals surface area contributed by atoms with Crippen molar-refractivity contribution in [3.05, 3.63) is 41.5 Å². The van der Waals surface area contributed by atoms with Crippen molar-refractivity contribution in [1.82, 2.24) is 15.5 Å². The summed E-state index contributed by atoms with van der Waals surface area (Å²) in [7, 11) is -3.68. The number of nitrogens with zero attached hydrogens (tertiary/aromatic N) is 2. The summed E-state index contributed by atoms with van der Waals surface area (Å²) < 4.78 is 27.5. The fourth-order valence-electron chi connectivity index (χ4n) is 2.28. The number of nitrogens with two attached hydrogens (primary N) is 1. The molecule has 3 N–H and O–H groups in total. The van der Waals surface area contributed by atoms with Gasteiger partial charge in [0.1, 0.15) is 0 Å². The van der Waals surface area contributed by atoms with Crippen LogP contribution in [0.15, 0.2) is 33.7 Å². The molecule has 142 valence electrons. The van der Waals surface area contributed by atoms with E-state index >= 15 is 0 Å².